The summed E-state index contributed by atoms with van der Waals surface area (Å²) in [5, 5.41) is 0. The van der Waals surface area contributed by atoms with Crippen molar-refractivity contribution in [3.63, 3.8) is 0 Å². The summed E-state index contributed by atoms with van der Waals surface area (Å²) in [5.74, 6) is 0. The highest BCUT2D eigenvalue weighted by atomic mass is 15.3. The Morgan fingerprint density at radius 3 is 2.65 bits per heavy atom. The normalized spacial score (nSPS) is 20.2. The summed E-state index contributed by atoms with van der Waals surface area (Å²) in [5.41, 5.74) is 8.12. The number of rotatable bonds is 4. The van der Waals surface area contributed by atoms with E-state index >= 15 is 0 Å². The second kappa shape index (κ2) is 5.41. The van der Waals surface area contributed by atoms with Gasteiger partial charge in [0.05, 0.1) is 11.4 Å². The van der Waals surface area contributed by atoms with E-state index in [-0.39, 0.29) is 0 Å². The first-order valence-corrected chi connectivity index (χ1v) is 6.59. The first-order valence-electron chi connectivity index (χ1n) is 6.59. The Kier molecular flexibility index (Phi) is 3.89. The predicted molar refractivity (Wildman–Crippen MR) is 74.4 cm³/mol. The topological polar surface area (TPSA) is 32.5 Å². The zero-order valence-corrected chi connectivity index (χ0v) is 10.9. The highest BCUT2D eigenvalue weighted by Crippen LogP contribution is 2.27. The molecule has 2 rings (SSSR count). The number of nitrogen functional groups attached to an aromatic ring is 1. The van der Waals surface area contributed by atoms with Gasteiger partial charge in [0.1, 0.15) is 0 Å². The molecule has 1 aliphatic rings. The summed E-state index contributed by atoms with van der Waals surface area (Å²) < 4.78 is 0. The molecule has 2 N–H and O–H groups in total. The number of anilines is 2. The second-order valence-corrected chi connectivity index (χ2v) is 4.67. The molecule has 0 aromatic heterocycles. The lowest BCUT2D eigenvalue weighted by atomic mass is 10.2. The highest BCUT2D eigenvalue weighted by Gasteiger charge is 2.26. The lowest BCUT2D eigenvalue weighted by molar-refractivity contribution is 0.232. The molecule has 17 heavy (non-hydrogen) atoms. The van der Waals surface area contributed by atoms with Crippen molar-refractivity contribution in [2.24, 2.45) is 0 Å². The van der Waals surface area contributed by atoms with E-state index in [4.69, 9.17) is 5.73 Å². The molecule has 3 heteroatoms. The van der Waals surface area contributed by atoms with Crippen LogP contribution >= 0.6 is 0 Å². The van der Waals surface area contributed by atoms with Crippen molar-refractivity contribution in [1.82, 2.24) is 4.90 Å². The average Bonchev–Trinajstić information content (AvgIpc) is 2.81. The van der Waals surface area contributed by atoms with Gasteiger partial charge in [-0.05, 0) is 31.6 Å². The van der Waals surface area contributed by atoms with E-state index in [2.05, 4.69) is 35.8 Å². The van der Waals surface area contributed by atoms with E-state index in [1.54, 1.807) is 0 Å². The highest BCUT2D eigenvalue weighted by molar-refractivity contribution is 5.67. The zero-order valence-electron chi connectivity index (χ0n) is 10.9. The summed E-state index contributed by atoms with van der Waals surface area (Å²) in [6.45, 7) is 8.98. The smallest absolute Gasteiger partial charge is 0.0600 e. The molecular formula is C14H23N3. The van der Waals surface area contributed by atoms with Crippen LogP contribution in [0, 0.1) is 0 Å². The molecule has 1 unspecified atom stereocenters. The summed E-state index contributed by atoms with van der Waals surface area (Å²) in [4.78, 5) is 4.96. The van der Waals surface area contributed by atoms with Gasteiger partial charge in [0.25, 0.3) is 0 Å². The Bertz CT molecular complexity index is 360. The average molecular weight is 233 g/mol. The van der Waals surface area contributed by atoms with E-state index in [1.807, 2.05) is 12.1 Å². The van der Waals surface area contributed by atoms with Crippen LogP contribution in [0.3, 0.4) is 0 Å². The fourth-order valence-corrected chi connectivity index (χ4v) is 2.77. The van der Waals surface area contributed by atoms with E-state index in [0.717, 1.165) is 31.9 Å². The molecule has 1 aliphatic heterocycles. The van der Waals surface area contributed by atoms with Gasteiger partial charge >= 0.3 is 0 Å². The minimum atomic E-state index is 0.685. The molecule has 0 radical (unpaired) electrons. The van der Waals surface area contributed by atoms with Gasteiger partial charge in [-0.25, -0.2) is 0 Å². The lowest BCUT2D eigenvalue weighted by Gasteiger charge is -2.27. The molecule has 1 fully saturated rings. The quantitative estimate of drug-likeness (QED) is 0.809. The van der Waals surface area contributed by atoms with Crippen LogP contribution in [-0.4, -0.2) is 37.1 Å². The standard InChI is InChI=1S/C14H23N3/c1-3-16(4-2)12-9-10-17(11-12)14-8-6-5-7-13(14)15/h5-8,12H,3-4,9-11,15H2,1-2H3. The number of hydrogen-bond acceptors (Lipinski definition) is 3. The van der Waals surface area contributed by atoms with E-state index in [1.165, 1.54) is 12.1 Å². The third-order valence-corrected chi connectivity index (χ3v) is 3.77. The van der Waals surface area contributed by atoms with E-state index in [9.17, 15) is 0 Å². The minimum Gasteiger partial charge on any atom is -0.397 e. The zero-order chi connectivity index (χ0) is 12.3. The molecule has 0 spiro atoms. The molecule has 1 aromatic carbocycles. The van der Waals surface area contributed by atoms with Gasteiger partial charge in [-0.15, -0.1) is 0 Å². The number of nitrogens with zero attached hydrogens (tertiary/aromatic N) is 2. The summed E-state index contributed by atoms with van der Waals surface area (Å²) in [6, 6.07) is 8.86. The van der Waals surface area contributed by atoms with E-state index in [0.29, 0.717) is 6.04 Å². The second-order valence-electron chi connectivity index (χ2n) is 4.67. The molecular weight excluding hydrogens is 210 g/mol. The summed E-state index contributed by atoms with van der Waals surface area (Å²) in [7, 11) is 0. The van der Waals surface area contributed by atoms with Crippen LogP contribution in [0.15, 0.2) is 24.3 Å². The van der Waals surface area contributed by atoms with Crippen LogP contribution in [-0.2, 0) is 0 Å². The van der Waals surface area contributed by atoms with Crippen molar-refractivity contribution in [3.05, 3.63) is 24.3 Å². The van der Waals surface area contributed by atoms with Crippen molar-refractivity contribution in [2.45, 2.75) is 26.3 Å². The third kappa shape index (κ3) is 2.55. The van der Waals surface area contributed by atoms with Crippen LogP contribution < -0.4 is 10.6 Å². The third-order valence-electron chi connectivity index (χ3n) is 3.77. The Morgan fingerprint density at radius 1 is 1.29 bits per heavy atom. The maximum Gasteiger partial charge on any atom is 0.0600 e. The lowest BCUT2D eigenvalue weighted by Crippen LogP contribution is -2.37. The van der Waals surface area contributed by atoms with Gasteiger partial charge in [0.15, 0.2) is 0 Å². The molecule has 3 nitrogen and oxygen atoms in total. The van der Waals surface area contributed by atoms with Gasteiger partial charge in [-0.3, -0.25) is 4.90 Å². The Labute approximate surface area is 104 Å². The number of para-hydroxylation sites is 2. The summed E-state index contributed by atoms with van der Waals surface area (Å²) >= 11 is 0. The van der Waals surface area contributed by atoms with Gasteiger partial charge in [-0.1, -0.05) is 26.0 Å². The predicted octanol–water partition coefficient (Wildman–Crippen LogP) is 2.19. The van der Waals surface area contributed by atoms with Crippen molar-refractivity contribution >= 4 is 11.4 Å². The first kappa shape index (κ1) is 12.2. The van der Waals surface area contributed by atoms with Crippen molar-refractivity contribution < 1.29 is 0 Å². The summed E-state index contributed by atoms with van der Waals surface area (Å²) in [6.07, 6.45) is 1.25. The van der Waals surface area contributed by atoms with Crippen LogP contribution in [0.4, 0.5) is 11.4 Å². The Hall–Kier alpha value is -1.22. The molecule has 0 aliphatic carbocycles. The largest absolute Gasteiger partial charge is 0.397 e. The molecule has 94 valence electrons. The molecule has 1 atom stereocenters. The number of hydrogen-bond donors (Lipinski definition) is 1. The maximum absolute atomic E-state index is 6.03. The fraction of sp³-hybridized carbons (Fsp3) is 0.571. The first-order chi connectivity index (χ1) is 8.26. The SMILES string of the molecule is CCN(CC)C1CCN(c2ccccc2N)C1. The van der Waals surface area contributed by atoms with E-state index < -0.39 is 0 Å². The van der Waals surface area contributed by atoms with Gasteiger partial charge in [-0.2, -0.15) is 0 Å². The van der Waals surface area contributed by atoms with Crippen LogP contribution in [0.1, 0.15) is 20.3 Å². The van der Waals surface area contributed by atoms with Crippen molar-refractivity contribution in [2.75, 3.05) is 36.8 Å². The molecule has 0 amide bonds. The number of nitrogens with two attached hydrogens (primary N) is 1. The van der Waals surface area contributed by atoms with Crippen LogP contribution in [0.25, 0.3) is 0 Å². The maximum atomic E-state index is 6.03. The molecule has 1 aromatic rings. The van der Waals surface area contributed by atoms with Crippen LogP contribution in [0.2, 0.25) is 0 Å². The van der Waals surface area contributed by atoms with Crippen molar-refractivity contribution in [3.8, 4) is 0 Å². The molecule has 0 bridgehead atoms. The number of likely N-dealkylation sites (N-methyl/N-ethyl adjacent to an activating group) is 1. The molecule has 1 heterocycles. The Balaban J connectivity index is 2.05. The molecule has 0 saturated carbocycles. The minimum absolute atomic E-state index is 0.685. The molecule has 1 saturated heterocycles. The van der Waals surface area contributed by atoms with Crippen LogP contribution in [0.5, 0.6) is 0 Å². The fourth-order valence-electron chi connectivity index (χ4n) is 2.77. The monoisotopic (exact) mass is 233 g/mol. The van der Waals surface area contributed by atoms with Gasteiger partial charge < -0.3 is 10.6 Å². The Morgan fingerprint density at radius 2 is 2.00 bits per heavy atom. The van der Waals surface area contributed by atoms with Gasteiger partial charge in [0, 0.05) is 19.1 Å². The van der Waals surface area contributed by atoms with Gasteiger partial charge in [0.2, 0.25) is 0 Å². The van der Waals surface area contributed by atoms with Crippen molar-refractivity contribution in [1.29, 1.82) is 0 Å². The number of benzene rings is 1.